The maximum atomic E-state index is 12.3. The van der Waals surface area contributed by atoms with Gasteiger partial charge < -0.3 is 24.6 Å². The summed E-state index contributed by atoms with van der Waals surface area (Å²) in [4.78, 5) is 29.2. The lowest BCUT2D eigenvalue weighted by atomic mass is 10.1. The summed E-state index contributed by atoms with van der Waals surface area (Å²) in [5.41, 5.74) is 4.66. The lowest BCUT2D eigenvalue weighted by molar-refractivity contribution is 0.0601. The van der Waals surface area contributed by atoms with Crippen molar-refractivity contribution in [1.82, 2.24) is 4.90 Å². The van der Waals surface area contributed by atoms with E-state index in [2.05, 4.69) is 47.2 Å². The number of thiophene rings is 1. The minimum absolute atomic E-state index is 0.310. The van der Waals surface area contributed by atoms with E-state index in [1.807, 2.05) is 0 Å². The first-order chi connectivity index (χ1) is 14.8. The number of nitrogens with one attached hydrogen (secondary N) is 1. The Morgan fingerprint density at radius 1 is 1.00 bits per heavy atom. The van der Waals surface area contributed by atoms with Gasteiger partial charge in [-0.25, -0.2) is 9.59 Å². The summed E-state index contributed by atoms with van der Waals surface area (Å²) in [6.45, 7) is 9.15. The van der Waals surface area contributed by atoms with Crippen molar-refractivity contribution in [1.29, 1.82) is 0 Å². The van der Waals surface area contributed by atoms with Gasteiger partial charge in [0.2, 0.25) is 0 Å². The average Bonchev–Trinajstić information content (AvgIpc) is 3.10. The van der Waals surface area contributed by atoms with Crippen molar-refractivity contribution in [3.05, 3.63) is 45.3 Å². The van der Waals surface area contributed by atoms with Crippen LogP contribution in [0.1, 0.15) is 36.7 Å². The molecule has 1 N–H and O–H groups in total. The third-order valence-corrected chi connectivity index (χ3v) is 7.16. The molecular weight excluding hydrogens is 434 g/mol. The average molecular weight is 462 g/mol. The largest absolute Gasteiger partial charge is 0.465 e. The molecule has 0 amide bonds. The summed E-state index contributed by atoms with van der Waals surface area (Å²) < 4.78 is 9.74. The van der Waals surface area contributed by atoms with Crippen LogP contribution in [0.25, 0.3) is 0 Å². The first-order valence-corrected chi connectivity index (χ1v) is 11.2. The van der Waals surface area contributed by atoms with Gasteiger partial charge in [0.1, 0.15) is 9.88 Å². The highest BCUT2D eigenvalue weighted by atomic mass is 32.1. The summed E-state index contributed by atoms with van der Waals surface area (Å²) in [6.07, 6.45) is 0. The number of rotatable bonds is 4. The van der Waals surface area contributed by atoms with Crippen LogP contribution >= 0.6 is 23.6 Å². The molecule has 0 atom stereocenters. The molecule has 3 rings (SSSR count). The molecule has 0 bridgehead atoms. The lowest BCUT2D eigenvalue weighted by Gasteiger charge is -2.38. The standard InChI is InChI=1S/C22H27N3O4S2/c1-13-7-6-8-16(14(13)2)24-9-11-25(12-10-24)22(30)23-19-17(20(26)28-4)15(3)18(31-19)21(27)29-5/h6-8H,9-12H2,1-5H3,(H,23,30). The van der Waals surface area contributed by atoms with Gasteiger partial charge in [-0.2, -0.15) is 0 Å². The van der Waals surface area contributed by atoms with Crippen molar-refractivity contribution < 1.29 is 19.1 Å². The number of benzene rings is 1. The molecule has 1 aliphatic rings. The van der Waals surface area contributed by atoms with Gasteiger partial charge in [0.15, 0.2) is 5.11 Å². The number of ether oxygens (including phenoxy) is 2. The van der Waals surface area contributed by atoms with Gasteiger partial charge in [0.25, 0.3) is 0 Å². The second-order valence-electron chi connectivity index (χ2n) is 7.37. The van der Waals surface area contributed by atoms with Crippen LogP contribution in [0.2, 0.25) is 0 Å². The number of hydrogen-bond donors (Lipinski definition) is 1. The molecule has 166 valence electrons. The van der Waals surface area contributed by atoms with Crippen LogP contribution in [-0.4, -0.2) is 62.3 Å². The third kappa shape index (κ3) is 4.67. The minimum Gasteiger partial charge on any atom is -0.465 e. The van der Waals surface area contributed by atoms with Gasteiger partial charge in [-0.3, -0.25) is 0 Å². The van der Waals surface area contributed by atoms with Crippen LogP contribution in [0.5, 0.6) is 0 Å². The fraction of sp³-hybridized carbons (Fsp3) is 0.409. The molecule has 1 saturated heterocycles. The van der Waals surface area contributed by atoms with Crippen LogP contribution in [0.3, 0.4) is 0 Å². The number of carbonyl (C=O) groups excluding carboxylic acids is 2. The van der Waals surface area contributed by atoms with Crippen molar-refractivity contribution in [2.75, 3.05) is 50.6 Å². The van der Waals surface area contributed by atoms with Crippen LogP contribution in [0, 0.1) is 20.8 Å². The SMILES string of the molecule is COC(=O)c1sc(NC(=S)N2CCN(c3cccc(C)c3C)CC2)c(C(=O)OC)c1C. The highest BCUT2D eigenvalue weighted by Gasteiger charge is 2.28. The summed E-state index contributed by atoms with van der Waals surface area (Å²) in [5, 5.41) is 4.17. The normalized spacial score (nSPS) is 13.7. The lowest BCUT2D eigenvalue weighted by Crippen LogP contribution is -2.50. The van der Waals surface area contributed by atoms with E-state index in [1.54, 1.807) is 6.92 Å². The number of carbonyl (C=O) groups is 2. The Balaban J connectivity index is 1.73. The summed E-state index contributed by atoms with van der Waals surface area (Å²) in [7, 11) is 2.62. The van der Waals surface area contributed by atoms with Gasteiger partial charge in [0, 0.05) is 31.9 Å². The maximum Gasteiger partial charge on any atom is 0.348 e. The van der Waals surface area contributed by atoms with Crippen LogP contribution in [-0.2, 0) is 9.47 Å². The Kier molecular flexibility index (Phi) is 7.17. The van der Waals surface area contributed by atoms with Crippen LogP contribution in [0.4, 0.5) is 10.7 Å². The molecule has 2 heterocycles. The minimum atomic E-state index is -0.519. The highest BCUT2D eigenvalue weighted by Crippen LogP contribution is 2.34. The van der Waals surface area contributed by atoms with Crippen LogP contribution in [0.15, 0.2) is 18.2 Å². The number of nitrogens with zero attached hydrogens (tertiary/aromatic N) is 2. The molecule has 0 radical (unpaired) electrons. The van der Waals surface area contributed by atoms with Gasteiger partial charge in [0.05, 0.1) is 19.8 Å². The molecule has 2 aromatic rings. The van der Waals surface area contributed by atoms with E-state index in [9.17, 15) is 9.59 Å². The van der Waals surface area contributed by atoms with E-state index >= 15 is 0 Å². The van der Waals surface area contributed by atoms with Crippen molar-refractivity contribution >= 4 is 51.3 Å². The summed E-state index contributed by atoms with van der Waals surface area (Å²) in [6, 6.07) is 6.36. The number of thiocarbonyl (C=S) groups is 1. The number of aryl methyl sites for hydroxylation is 1. The maximum absolute atomic E-state index is 12.3. The molecular formula is C22H27N3O4S2. The zero-order chi connectivity index (χ0) is 22.7. The molecule has 0 spiro atoms. The van der Waals surface area contributed by atoms with E-state index in [0.29, 0.717) is 26.1 Å². The summed E-state index contributed by atoms with van der Waals surface area (Å²) >= 11 is 6.77. The number of methoxy groups -OCH3 is 2. The molecule has 1 aromatic carbocycles. The van der Waals surface area contributed by atoms with Gasteiger partial charge >= 0.3 is 11.9 Å². The first kappa shape index (κ1) is 23.0. The Hall–Kier alpha value is -2.65. The predicted molar refractivity (Wildman–Crippen MR) is 128 cm³/mol. The van der Waals surface area contributed by atoms with Gasteiger partial charge in [-0.05, 0) is 55.7 Å². The van der Waals surface area contributed by atoms with Gasteiger partial charge in [-0.15, -0.1) is 11.3 Å². The van der Waals surface area contributed by atoms with E-state index in [0.717, 1.165) is 37.5 Å². The Labute approximate surface area is 191 Å². The molecule has 0 unspecified atom stereocenters. The number of piperazine rings is 1. The Morgan fingerprint density at radius 2 is 1.65 bits per heavy atom. The molecule has 0 saturated carbocycles. The number of esters is 2. The zero-order valence-corrected chi connectivity index (χ0v) is 20.0. The third-order valence-electron chi connectivity index (χ3n) is 5.61. The molecule has 9 heteroatoms. The van der Waals surface area contributed by atoms with Crippen LogP contribution < -0.4 is 10.2 Å². The van der Waals surface area contributed by atoms with Crippen molar-refractivity contribution in [2.24, 2.45) is 0 Å². The fourth-order valence-electron chi connectivity index (χ4n) is 3.64. The summed E-state index contributed by atoms with van der Waals surface area (Å²) in [5.74, 6) is -1.01. The quantitative estimate of drug-likeness (QED) is 0.545. The molecule has 1 aliphatic heterocycles. The molecule has 0 aliphatic carbocycles. The van der Waals surface area contributed by atoms with Crippen molar-refractivity contribution in [3.8, 4) is 0 Å². The molecule has 31 heavy (non-hydrogen) atoms. The predicted octanol–water partition coefficient (Wildman–Crippen LogP) is 3.77. The second kappa shape index (κ2) is 9.65. The monoisotopic (exact) mass is 461 g/mol. The molecule has 1 fully saturated rings. The second-order valence-corrected chi connectivity index (χ2v) is 8.77. The Morgan fingerprint density at radius 3 is 2.26 bits per heavy atom. The highest BCUT2D eigenvalue weighted by molar-refractivity contribution is 7.80. The Bertz CT molecular complexity index is 1010. The number of hydrogen-bond acceptors (Lipinski definition) is 7. The van der Waals surface area contributed by atoms with E-state index in [4.69, 9.17) is 21.7 Å². The first-order valence-electron chi connectivity index (χ1n) is 9.95. The van der Waals surface area contributed by atoms with E-state index in [-0.39, 0.29) is 0 Å². The smallest absolute Gasteiger partial charge is 0.348 e. The molecule has 1 aromatic heterocycles. The topological polar surface area (TPSA) is 71.1 Å². The van der Waals surface area contributed by atoms with Crippen molar-refractivity contribution in [2.45, 2.75) is 20.8 Å². The fourth-order valence-corrected chi connectivity index (χ4v) is 5.10. The zero-order valence-electron chi connectivity index (χ0n) is 18.4. The van der Waals surface area contributed by atoms with Gasteiger partial charge in [-0.1, -0.05) is 12.1 Å². The van der Waals surface area contributed by atoms with Crippen molar-refractivity contribution in [3.63, 3.8) is 0 Å². The molecule has 7 nitrogen and oxygen atoms in total. The van der Waals surface area contributed by atoms with E-state index < -0.39 is 11.9 Å². The van der Waals surface area contributed by atoms with E-state index in [1.165, 1.54) is 31.0 Å². The number of anilines is 2.